The highest BCUT2D eigenvalue weighted by atomic mass is 16.3. The van der Waals surface area contributed by atoms with Crippen molar-refractivity contribution in [3.8, 4) is 11.5 Å². The Morgan fingerprint density at radius 1 is 1.04 bits per heavy atom. The van der Waals surface area contributed by atoms with Crippen molar-refractivity contribution < 1.29 is 10.2 Å². The quantitative estimate of drug-likeness (QED) is 0.641. The highest BCUT2D eigenvalue weighted by molar-refractivity contribution is 5.82. The van der Waals surface area contributed by atoms with Crippen LogP contribution < -0.4 is 5.32 Å². The molecular weight excluding hydrogens is 294 g/mol. The second-order valence-corrected chi connectivity index (χ2v) is 5.75. The zero-order valence-electron chi connectivity index (χ0n) is 13.2. The second kappa shape index (κ2) is 5.75. The van der Waals surface area contributed by atoms with E-state index in [2.05, 4.69) is 34.1 Å². The second-order valence-electron chi connectivity index (χ2n) is 5.75. The minimum absolute atomic E-state index is 0.121. The molecule has 0 aliphatic rings. The highest BCUT2D eigenvalue weighted by Gasteiger charge is 2.15. The van der Waals surface area contributed by atoms with Gasteiger partial charge in [0.05, 0.1) is 12.4 Å². The van der Waals surface area contributed by atoms with Crippen LogP contribution in [0.15, 0.2) is 30.9 Å². The van der Waals surface area contributed by atoms with Gasteiger partial charge in [0.15, 0.2) is 23.0 Å². The van der Waals surface area contributed by atoms with Gasteiger partial charge in [-0.2, -0.15) is 0 Å². The molecular formula is C16H19N5O2. The predicted molar refractivity (Wildman–Crippen MR) is 87.5 cm³/mol. The Hall–Kier alpha value is -2.83. The number of anilines is 1. The molecule has 1 atom stereocenters. The molecule has 1 unspecified atom stereocenters. The van der Waals surface area contributed by atoms with Gasteiger partial charge < -0.3 is 20.1 Å². The lowest BCUT2D eigenvalue weighted by molar-refractivity contribution is 0.403. The van der Waals surface area contributed by atoms with Gasteiger partial charge in [0.1, 0.15) is 11.8 Å². The molecule has 0 radical (unpaired) electrons. The van der Waals surface area contributed by atoms with Crippen molar-refractivity contribution in [1.29, 1.82) is 0 Å². The molecule has 3 aromatic rings. The van der Waals surface area contributed by atoms with Gasteiger partial charge in [0.2, 0.25) is 0 Å². The molecule has 0 bridgehead atoms. The molecule has 120 valence electrons. The maximum atomic E-state index is 9.63. The van der Waals surface area contributed by atoms with Crippen molar-refractivity contribution in [3.63, 3.8) is 0 Å². The zero-order chi connectivity index (χ0) is 16.6. The number of fused-ring (bicyclic) bond motifs is 1. The van der Waals surface area contributed by atoms with Gasteiger partial charge in [-0.25, -0.2) is 15.0 Å². The van der Waals surface area contributed by atoms with Crippen LogP contribution in [0.1, 0.15) is 38.4 Å². The largest absolute Gasteiger partial charge is 0.504 e. The number of aromatic hydroxyl groups is 2. The molecule has 2 aromatic heterocycles. The van der Waals surface area contributed by atoms with E-state index in [1.54, 1.807) is 12.4 Å². The van der Waals surface area contributed by atoms with Crippen LogP contribution in [0.5, 0.6) is 11.5 Å². The van der Waals surface area contributed by atoms with Crippen LogP contribution in [0.25, 0.3) is 11.2 Å². The molecule has 3 rings (SSSR count). The van der Waals surface area contributed by atoms with Gasteiger partial charge in [-0.05, 0) is 38.5 Å². The van der Waals surface area contributed by atoms with Crippen molar-refractivity contribution in [3.05, 3.63) is 36.4 Å². The molecule has 7 heteroatoms. The van der Waals surface area contributed by atoms with E-state index in [4.69, 9.17) is 0 Å². The molecule has 0 saturated carbocycles. The van der Waals surface area contributed by atoms with E-state index < -0.39 is 0 Å². The van der Waals surface area contributed by atoms with Gasteiger partial charge in [0, 0.05) is 6.04 Å². The summed E-state index contributed by atoms with van der Waals surface area (Å²) in [4.78, 5) is 13.0. The number of rotatable bonds is 4. The summed E-state index contributed by atoms with van der Waals surface area (Å²) in [6.07, 6.45) is 3.26. The number of hydrogen-bond acceptors (Lipinski definition) is 6. The smallest absolute Gasteiger partial charge is 0.165 e. The summed E-state index contributed by atoms with van der Waals surface area (Å²) in [5, 5.41) is 22.3. The normalized spacial score (nSPS) is 12.7. The van der Waals surface area contributed by atoms with E-state index in [1.165, 1.54) is 18.5 Å². The van der Waals surface area contributed by atoms with E-state index in [1.807, 2.05) is 11.5 Å². The Kier molecular flexibility index (Phi) is 3.77. The fourth-order valence-electron chi connectivity index (χ4n) is 2.43. The van der Waals surface area contributed by atoms with Gasteiger partial charge in [-0.1, -0.05) is 6.07 Å². The standard InChI is InChI=1S/C16H19N5O2/c1-9(2)21-8-19-14-15(17-7-18-16(14)21)20-10(3)11-4-5-12(22)13(23)6-11/h4-10,22-23H,1-3H3,(H,17,18,20). The number of hydrogen-bond donors (Lipinski definition) is 3. The first kappa shape index (κ1) is 15.1. The maximum Gasteiger partial charge on any atom is 0.165 e. The zero-order valence-corrected chi connectivity index (χ0v) is 13.2. The minimum atomic E-state index is -0.145. The predicted octanol–water partition coefficient (Wildman–Crippen LogP) is 2.99. The fourth-order valence-corrected chi connectivity index (χ4v) is 2.43. The van der Waals surface area contributed by atoms with Crippen molar-refractivity contribution in [2.24, 2.45) is 0 Å². The number of aromatic nitrogens is 4. The topological polar surface area (TPSA) is 96.1 Å². The van der Waals surface area contributed by atoms with Crippen LogP contribution in [-0.4, -0.2) is 29.7 Å². The van der Waals surface area contributed by atoms with Crippen molar-refractivity contribution >= 4 is 17.0 Å². The summed E-state index contributed by atoms with van der Waals surface area (Å²) in [7, 11) is 0. The van der Waals surface area contributed by atoms with Crippen molar-refractivity contribution in [1.82, 2.24) is 19.5 Å². The monoisotopic (exact) mass is 313 g/mol. The lowest BCUT2D eigenvalue weighted by Crippen LogP contribution is -2.09. The molecule has 7 nitrogen and oxygen atoms in total. The third-order valence-electron chi connectivity index (χ3n) is 3.77. The molecule has 23 heavy (non-hydrogen) atoms. The van der Waals surface area contributed by atoms with E-state index in [9.17, 15) is 10.2 Å². The molecule has 0 fully saturated rings. The third-order valence-corrected chi connectivity index (χ3v) is 3.77. The maximum absolute atomic E-state index is 9.63. The number of benzene rings is 1. The highest BCUT2D eigenvalue weighted by Crippen LogP contribution is 2.30. The van der Waals surface area contributed by atoms with Crippen LogP contribution >= 0.6 is 0 Å². The first-order chi connectivity index (χ1) is 11.0. The van der Waals surface area contributed by atoms with Crippen LogP contribution in [0.4, 0.5) is 5.82 Å². The first-order valence-corrected chi connectivity index (χ1v) is 7.43. The van der Waals surface area contributed by atoms with Crippen LogP contribution in [0.2, 0.25) is 0 Å². The Bertz CT molecular complexity index is 844. The van der Waals surface area contributed by atoms with E-state index in [0.29, 0.717) is 11.3 Å². The molecule has 0 saturated heterocycles. The van der Waals surface area contributed by atoms with Crippen molar-refractivity contribution in [2.45, 2.75) is 32.9 Å². The molecule has 0 amide bonds. The Morgan fingerprint density at radius 3 is 2.52 bits per heavy atom. The van der Waals surface area contributed by atoms with E-state index in [-0.39, 0.29) is 23.6 Å². The summed E-state index contributed by atoms with van der Waals surface area (Å²) >= 11 is 0. The number of phenols is 2. The van der Waals surface area contributed by atoms with Crippen LogP contribution in [0.3, 0.4) is 0 Å². The SMILES string of the molecule is CC(Nc1ncnc2c1ncn2C(C)C)c1ccc(O)c(O)c1. The molecule has 0 spiro atoms. The van der Waals surface area contributed by atoms with Gasteiger partial charge >= 0.3 is 0 Å². The summed E-state index contributed by atoms with van der Waals surface area (Å²) < 4.78 is 1.99. The molecule has 0 aliphatic carbocycles. The van der Waals surface area contributed by atoms with Gasteiger partial charge in [-0.15, -0.1) is 0 Å². The fraction of sp³-hybridized carbons (Fsp3) is 0.312. The first-order valence-electron chi connectivity index (χ1n) is 7.43. The van der Waals surface area contributed by atoms with Crippen LogP contribution in [0, 0.1) is 0 Å². The Labute approximate surface area is 133 Å². The Balaban J connectivity index is 1.93. The van der Waals surface area contributed by atoms with E-state index >= 15 is 0 Å². The molecule has 3 N–H and O–H groups in total. The number of phenolic OH excluding ortho intramolecular Hbond substituents is 2. The van der Waals surface area contributed by atoms with Gasteiger partial charge in [-0.3, -0.25) is 0 Å². The van der Waals surface area contributed by atoms with Crippen molar-refractivity contribution in [2.75, 3.05) is 5.32 Å². The Morgan fingerprint density at radius 2 is 1.83 bits per heavy atom. The lowest BCUT2D eigenvalue weighted by Gasteiger charge is -2.16. The summed E-state index contributed by atoms with van der Waals surface area (Å²) in [5.74, 6) is 0.351. The number of imidazole rings is 1. The average Bonchev–Trinajstić information content (AvgIpc) is 2.95. The van der Waals surface area contributed by atoms with Crippen LogP contribution in [-0.2, 0) is 0 Å². The summed E-state index contributed by atoms with van der Waals surface area (Å²) in [6.45, 7) is 6.08. The average molecular weight is 313 g/mol. The number of nitrogens with zero attached hydrogens (tertiary/aromatic N) is 4. The van der Waals surface area contributed by atoms with E-state index in [0.717, 1.165) is 11.2 Å². The summed E-state index contributed by atoms with van der Waals surface area (Å²) in [5.41, 5.74) is 2.31. The molecule has 0 aliphatic heterocycles. The minimum Gasteiger partial charge on any atom is -0.504 e. The summed E-state index contributed by atoms with van der Waals surface area (Å²) in [6, 6.07) is 4.87. The van der Waals surface area contributed by atoms with Gasteiger partial charge in [0.25, 0.3) is 0 Å². The third kappa shape index (κ3) is 2.77. The lowest BCUT2D eigenvalue weighted by atomic mass is 10.1. The molecule has 2 heterocycles. The number of nitrogens with one attached hydrogen (secondary N) is 1. The molecule has 1 aromatic carbocycles.